The zero-order valence-electron chi connectivity index (χ0n) is 22.2. The van der Waals surface area contributed by atoms with E-state index in [-0.39, 0.29) is 9.90 Å². The monoisotopic (exact) mass is 627 g/mol. The van der Waals surface area contributed by atoms with Crippen molar-refractivity contribution in [2.45, 2.75) is 23.7 Å². The molecule has 0 radical (unpaired) electrons. The molecule has 0 amide bonds. The number of hydrogen-bond donors (Lipinski definition) is 3. The summed E-state index contributed by atoms with van der Waals surface area (Å²) < 4.78 is 62.0. The number of nitrogens with zero attached hydrogens (tertiary/aromatic N) is 1. The normalized spacial score (nSPS) is 12.3. The summed E-state index contributed by atoms with van der Waals surface area (Å²) in [5.41, 5.74) is 9.69. The van der Waals surface area contributed by atoms with E-state index in [0.717, 1.165) is 21.4 Å². The number of para-hydroxylation sites is 1. The van der Waals surface area contributed by atoms with Crippen LogP contribution in [0.3, 0.4) is 0 Å². The van der Waals surface area contributed by atoms with Gasteiger partial charge in [0, 0.05) is 6.54 Å². The maximum atomic E-state index is 13.6. The molecule has 13 heteroatoms. The first-order valence-electron chi connectivity index (χ1n) is 12.6. The number of Topliss-reactive ketones (excluding diaryl/α,β-unsaturated/α-hetero) is 1. The van der Waals surface area contributed by atoms with Crippen molar-refractivity contribution in [1.82, 2.24) is 9.71 Å². The van der Waals surface area contributed by atoms with Gasteiger partial charge in [0.15, 0.2) is 5.01 Å². The second-order valence-corrected chi connectivity index (χ2v) is 11.8. The molecule has 43 heavy (non-hydrogen) atoms. The summed E-state index contributed by atoms with van der Waals surface area (Å²) in [5.74, 6) is -3.17. The van der Waals surface area contributed by atoms with E-state index in [0.29, 0.717) is 17.6 Å². The van der Waals surface area contributed by atoms with Crippen LogP contribution in [-0.2, 0) is 21.4 Å². The molecule has 8 nitrogen and oxygen atoms in total. The fourth-order valence-electron chi connectivity index (χ4n) is 3.90. The fraction of sp³-hybridized carbons (Fsp3) is 0.100. The summed E-state index contributed by atoms with van der Waals surface area (Å²) in [5, 5.41) is 7.37. The highest BCUT2D eigenvalue weighted by atomic mass is 32.2. The fourth-order valence-corrected chi connectivity index (χ4v) is 6.02. The Morgan fingerprint density at radius 2 is 1.42 bits per heavy atom. The third-order valence-corrected chi connectivity index (χ3v) is 8.59. The van der Waals surface area contributed by atoms with Gasteiger partial charge in [-0.15, -0.1) is 11.3 Å². The number of carbonyl (C=O) groups is 2. The Bertz CT molecular complexity index is 1790. The van der Waals surface area contributed by atoms with Crippen LogP contribution in [0.2, 0.25) is 0 Å². The summed E-state index contributed by atoms with van der Waals surface area (Å²) in [6.45, 7) is 0.344. The summed E-state index contributed by atoms with van der Waals surface area (Å²) in [6.07, 6.45) is -5.08. The van der Waals surface area contributed by atoms with E-state index in [9.17, 15) is 26.4 Å². The number of ketones is 1. The Balaban J connectivity index is 0.000000541. The number of hydrogen-bond acceptors (Lipinski definition) is 7. The third kappa shape index (κ3) is 7.90. The van der Waals surface area contributed by atoms with Crippen molar-refractivity contribution in [3.8, 4) is 11.1 Å². The largest absolute Gasteiger partial charge is 0.490 e. The average molecular weight is 628 g/mol. The van der Waals surface area contributed by atoms with E-state index in [4.69, 9.17) is 15.6 Å². The van der Waals surface area contributed by atoms with Crippen LogP contribution in [0.5, 0.6) is 0 Å². The Labute approximate surface area is 248 Å². The van der Waals surface area contributed by atoms with Gasteiger partial charge in [-0.1, -0.05) is 78.9 Å². The highest BCUT2D eigenvalue weighted by molar-refractivity contribution is 7.89. The Morgan fingerprint density at radius 1 is 0.860 bits per heavy atom. The van der Waals surface area contributed by atoms with Crippen LogP contribution in [0.1, 0.15) is 27.0 Å². The highest BCUT2D eigenvalue weighted by Gasteiger charge is 2.38. The minimum absolute atomic E-state index is 0.0721. The molecule has 0 saturated heterocycles. The molecule has 4 aromatic carbocycles. The second kappa shape index (κ2) is 13.3. The number of carbonyl (C=O) groups excluding carboxylic acids is 1. The molecular formula is C30H24F3N3O5S2. The van der Waals surface area contributed by atoms with Crippen molar-refractivity contribution in [3.63, 3.8) is 0 Å². The van der Waals surface area contributed by atoms with Crippen molar-refractivity contribution < 1.29 is 36.3 Å². The zero-order valence-corrected chi connectivity index (χ0v) is 23.8. The van der Waals surface area contributed by atoms with Gasteiger partial charge in [-0.25, -0.2) is 18.2 Å². The van der Waals surface area contributed by atoms with Gasteiger partial charge in [-0.3, -0.25) is 4.79 Å². The number of alkyl halides is 3. The van der Waals surface area contributed by atoms with Crippen LogP contribution in [0.4, 0.5) is 13.2 Å². The molecule has 0 bridgehead atoms. The topological polar surface area (TPSA) is 139 Å². The Kier molecular flexibility index (Phi) is 9.71. The molecule has 1 atom stereocenters. The van der Waals surface area contributed by atoms with E-state index in [1.165, 1.54) is 11.3 Å². The highest BCUT2D eigenvalue weighted by Crippen LogP contribution is 2.28. The first-order chi connectivity index (χ1) is 20.4. The number of fused-ring (bicyclic) bond motifs is 1. The molecule has 1 aromatic heterocycles. The van der Waals surface area contributed by atoms with Gasteiger partial charge in [0.1, 0.15) is 6.04 Å². The number of sulfonamides is 1. The lowest BCUT2D eigenvalue weighted by molar-refractivity contribution is -0.192. The van der Waals surface area contributed by atoms with Crippen molar-refractivity contribution in [2.75, 3.05) is 0 Å². The molecule has 1 heterocycles. The molecule has 0 aliphatic carbocycles. The number of nitrogens with one attached hydrogen (secondary N) is 1. The maximum Gasteiger partial charge on any atom is 0.490 e. The number of nitrogens with two attached hydrogens (primary N) is 1. The minimum Gasteiger partial charge on any atom is -0.475 e. The van der Waals surface area contributed by atoms with Crippen molar-refractivity contribution in [3.05, 3.63) is 119 Å². The molecule has 0 aliphatic heterocycles. The van der Waals surface area contributed by atoms with Crippen LogP contribution in [0.25, 0.3) is 21.3 Å². The molecule has 0 fully saturated rings. The van der Waals surface area contributed by atoms with Crippen molar-refractivity contribution >= 4 is 43.3 Å². The average Bonchev–Trinajstić information content (AvgIpc) is 3.45. The van der Waals surface area contributed by atoms with Crippen LogP contribution < -0.4 is 10.5 Å². The van der Waals surface area contributed by atoms with Crippen LogP contribution in [-0.4, -0.2) is 36.4 Å². The second-order valence-electron chi connectivity index (χ2n) is 9.04. The molecule has 0 aliphatic rings. The number of carboxylic acids is 1. The maximum absolute atomic E-state index is 13.6. The molecule has 5 rings (SSSR count). The molecule has 4 N–H and O–H groups in total. The third-order valence-electron chi connectivity index (χ3n) is 6.10. The van der Waals surface area contributed by atoms with Gasteiger partial charge in [0.2, 0.25) is 15.8 Å². The SMILES string of the molecule is NCc1ccc(C(NS(=O)(=O)c2ccc(-c3ccccc3)cc2)C(=O)c2nc3ccccc3s2)cc1.O=C(O)C(F)(F)F. The van der Waals surface area contributed by atoms with E-state index in [1.54, 1.807) is 48.5 Å². The number of rotatable bonds is 8. The van der Waals surface area contributed by atoms with E-state index in [1.807, 2.05) is 54.6 Å². The molecule has 0 saturated carbocycles. The standard InChI is InChI=1S/C28H23N3O3S2.C2HF3O2/c29-18-19-10-12-22(13-11-19)26(27(32)28-30-24-8-4-5-9-25(24)35-28)31-36(33,34)23-16-14-21(15-17-23)20-6-2-1-3-7-20;3-2(4,5)1(6)7/h1-17,26,31H,18,29H2;(H,6,7). The van der Waals surface area contributed by atoms with Crippen LogP contribution >= 0.6 is 11.3 Å². The summed E-state index contributed by atoms with van der Waals surface area (Å²) in [7, 11) is -4.02. The van der Waals surface area contributed by atoms with Gasteiger partial charge >= 0.3 is 12.1 Å². The number of halogens is 3. The Hall–Kier alpha value is -4.43. The lowest BCUT2D eigenvalue weighted by Gasteiger charge is -2.18. The van der Waals surface area contributed by atoms with Gasteiger partial charge in [-0.05, 0) is 46.5 Å². The molecule has 0 spiro atoms. The summed E-state index contributed by atoms with van der Waals surface area (Å²) in [4.78, 5) is 27.0. The first-order valence-corrected chi connectivity index (χ1v) is 14.9. The van der Waals surface area contributed by atoms with Crippen LogP contribution in [0.15, 0.2) is 108 Å². The molecular weight excluding hydrogens is 603 g/mol. The van der Waals surface area contributed by atoms with E-state index >= 15 is 0 Å². The predicted molar refractivity (Wildman–Crippen MR) is 157 cm³/mol. The van der Waals surface area contributed by atoms with Crippen molar-refractivity contribution in [2.24, 2.45) is 5.73 Å². The minimum atomic E-state index is -5.08. The molecule has 222 valence electrons. The quantitative estimate of drug-likeness (QED) is 0.181. The van der Waals surface area contributed by atoms with Gasteiger partial charge < -0.3 is 10.8 Å². The number of aromatic nitrogens is 1. The predicted octanol–water partition coefficient (Wildman–Crippen LogP) is 5.96. The number of thiazole rings is 1. The van der Waals surface area contributed by atoms with Gasteiger partial charge in [0.25, 0.3) is 0 Å². The lowest BCUT2D eigenvalue weighted by Crippen LogP contribution is -2.34. The van der Waals surface area contributed by atoms with Gasteiger partial charge in [0.05, 0.1) is 15.1 Å². The first kappa shape index (κ1) is 31.5. The Morgan fingerprint density at radius 3 is 1.98 bits per heavy atom. The lowest BCUT2D eigenvalue weighted by atomic mass is 10.0. The summed E-state index contributed by atoms with van der Waals surface area (Å²) >= 11 is 1.24. The van der Waals surface area contributed by atoms with Crippen LogP contribution in [0, 0.1) is 0 Å². The number of benzene rings is 4. The smallest absolute Gasteiger partial charge is 0.475 e. The number of carboxylic acid groups (broad SMARTS) is 1. The van der Waals surface area contributed by atoms with Crippen molar-refractivity contribution in [1.29, 1.82) is 0 Å². The van der Waals surface area contributed by atoms with Gasteiger partial charge in [-0.2, -0.15) is 17.9 Å². The summed E-state index contributed by atoms with van der Waals surface area (Å²) in [6, 6.07) is 29.6. The number of aliphatic carboxylic acids is 1. The molecule has 1 unspecified atom stereocenters. The van der Waals surface area contributed by atoms with E-state index < -0.39 is 34.0 Å². The van der Waals surface area contributed by atoms with E-state index in [2.05, 4.69) is 9.71 Å². The zero-order chi connectivity index (χ0) is 31.2. The molecule has 5 aromatic rings.